The van der Waals surface area contributed by atoms with E-state index in [1.165, 1.54) is 64.2 Å². The molecule has 0 heterocycles. The Kier molecular flexibility index (Phi) is 33.7. The normalized spacial score (nSPS) is 12.5. The van der Waals surface area contributed by atoms with Gasteiger partial charge >= 0.3 is 18.1 Å². The number of hydrogen-bond acceptors (Lipinski definition) is 8. The number of nitrogens with zero attached hydrogens (tertiary/aromatic N) is 1. The van der Waals surface area contributed by atoms with Crippen molar-refractivity contribution in [1.82, 2.24) is 4.90 Å². The van der Waals surface area contributed by atoms with Crippen LogP contribution < -0.4 is 0 Å². The lowest BCUT2D eigenvalue weighted by Gasteiger charge is -2.18. The lowest BCUT2D eigenvalue weighted by molar-refractivity contribution is -0.146. The Morgan fingerprint density at radius 1 is 0.542 bits per heavy atom. The van der Waals surface area contributed by atoms with Crippen molar-refractivity contribution in [3.63, 3.8) is 0 Å². The number of unbranched alkanes of at least 4 members (excludes halogenated alkanes) is 15. The molecule has 0 N–H and O–H groups in total. The van der Waals surface area contributed by atoms with E-state index in [0.717, 1.165) is 90.1 Å². The second kappa shape index (κ2) is 35.0. The van der Waals surface area contributed by atoms with E-state index in [9.17, 15) is 14.4 Å². The predicted molar refractivity (Wildman–Crippen MR) is 197 cm³/mol. The molecule has 0 fully saturated rings. The van der Waals surface area contributed by atoms with Crippen molar-refractivity contribution in [2.45, 2.75) is 194 Å². The molecule has 0 aromatic carbocycles. The molecule has 0 aliphatic rings. The van der Waals surface area contributed by atoms with Gasteiger partial charge in [0.05, 0.1) is 19.8 Å². The van der Waals surface area contributed by atoms with Crippen molar-refractivity contribution in [3.8, 4) is 0 Å². The van der Waals surface area contributed by atoms with Crippen LogP contribution in [0.2, 0.25) is 0 Å². The first-order valence-corrected chi connectivity index (χ1v) is 20.2. The second-order valence-electron chi connectivity index (χ2n) is 13.8. The number of esters is 2. The van der Waals surface area contributed by atoms with Crippen LogP contribution in [-0.2, 0) is 28.5 Å². The third-order valence-corrected chi connectivity index (χ3v) is 9.32. The largest absolute Gasteiger partial charge is 0.508 e. The molecule has 0 aliphatic carbocycles. The summed E-state index contributed by atoms with van der Waals surface area (Å²) in [7, 11) is 2.04. The van der Waals surface area contributed by atoms with Gasteiger partial charge in [0.25, 0.3) is 0 Å². The van der Waals surface area contributed by atoms with E-state index in [1.54, 1.807) is 0 Å². The zero-order chi connectivity index (χ0) is 35.5. The Hall–Kier alpha value is -1.83. The molecular weight excluding hydrogens is 606 g/mol. The fourth-order valence-electron chi connectivity index (χ4n) is 5.74. The van der Waals surface area contributed by atoms with Crippen LogP contribution in [0.15, 0.2) is 0 Å². The minimum atomic E-state index is -0.623. The van der Waals surface area contributed by atoms with Gasteiger partial charge in [0.15, 0.2) is 0 Å². The molecule has 0 bridgehead atoms. The highest BCUT2D eigenvalue weighted by molar-refractivity contribution is 5.69. The molecule has 8 nitrogen and oxygen atoms in total. The summed E-state index contributed by atoms with van der Waals surface area (Å²) >= 11 is 0. The first-order valence-electron chi connectivity index (χ1n) is 20.2. The molecule has 0 spiro atoms. The minimum Gasteiger partial charge on any atom is -0.466 e. The van der Waals surface area contributed by atoms with Crippen molar-refractivity contribution < 1.29 is 33.3 Å². The molecular formula is C40H77NO7. The summed E-state index contributed by atoms with van der Waals surface area (Å²) in [5.41, 5.74) is 0. The van der Waals surface area contributed by atoms with Crippen LogP contribution in [-0.4, -0.2) is 69.1 Å². The van der Waals surface area contributed by atoms with Gasteiger partial charge in [-0.15, -0.1) is 0 Å². The molecule has 0 rings (SSSR count). The molecule has 2 atom stereocenters. The number of carbonyl (C=O) groups excluding carboxylic acids is 3. The fourth-order valence-corrected chi connectivity index (χ4v) is 5.74. The number of rotatable bonds is 35. The zero-order valence-electron chi connectivity index (χ0n) is 32.2. The van der Waals surface area contributed by atoms with Crippen molar-refractivity contribution in [2.75, 3.05) is 40.0 Å². The third-order valence-electron chi connectivity index (χ3n) is 9.32. The van der Waals surface area contributed by atoms with E-state index in [4.69, 9.17) is 18.9 Å². The maximum atomic E-state index is 12.4. The van der Waals surface area contributed by atoms with Crippen molar-refractivity contribution in [2.24, 2.45) is 5.92 Å². The van der Waals surface area contributed by atoms with Crippen LogP contribution in [0.5, 0.6) is 0 Å². The summed E-state index contributed by atoms with van der Waals surface area (Å²) in [6, 6.07) is 0. The molecule has 0 saturated heterocycles. The van der Waals surface area contributed by atoms with Gasteiger partial charge in [-0.2, -0.15) is 0 Å². The standard InChI is InChI=1S/C40H77NO7/c1-6-10-12-13-14-15-16-17-20-23-28-37(48-40(44)46-33-26-32-41(5)9-4)31-34-45-38(42)29-24-21-18-19-22-25-30-39(43)47-35-36(8-3)27-11-7-2/h36-37H,6-35H2,1-5H3. The van der Waals surface area contributed by atoms with E-state index in [1.807, 2.05) is 7.05 Å². The Morgan fingerprint density at radius 3 is 1.65 bits per heavy atom. The van der Waals surface area contributed by atoms with Gasteiger partial charge in [-0.05, 0) is 58.0 Å². The van der Waals surface area contributed by atoms with Gasteiger partial charge in [0.1, 0.15) is 6.10 Å². The summed E-state index contributed by atoms with van der Waals surface area (Å²) in [6.07, 6.45) is 24.8. The van der Waals surface area contributed by atoms with Crippen molar-refractivity contribution in [3.05, 3.63) is 0 Å². The van der Waals surface area contributed by atoms with Crippen molar-refractivity contribution >= 4 is 18.1 Å². The average molecular weight is 684 g/mol. The molecule has 284 valence electrons. The van der Waals surface area contributed by atoms with E-state index in [-0.39, 0.29) is 24.6 Å². The lowest BCUT2D eigenvalue weighted by Crippen LogP contribution is -2.23. The summed E-state index contributed by atoms with van der Waals surface area (Å²) in [4.78, 5) is 38.9. The molecule has 0 aromatic rings. The Bertz CT molecular complexity index is 747. The first-order chi connectivity index (χ1) is 23.4. The summed E-state index contributed by atoms with van der Waals surface area (Å²) < 4.78 is 22.0. The van der Waals surface area contributed by atoms with E-state index in [0.29, 0.717) is 38.4 Å². The third kappa shape index (κ3) is 31.4. The van der Waals surface area contributed by atoms with Crippen LogP contribution in [0, 0.1) is 5.92 Å². The quantitative estimate of drug-likeness (QED) is 0.0370. The zero-order valence-corrected chi connectivity index (χ0v) is 32.2. The molecule has 0 saturated carbocycles. The van der Waals surface area contributed by atoms with E-state index >= 15 is 0 Å². The molecule has 0 aromatic heterocycles. The van der Waals surface area contributed by atoms with Gasteiger partial charge < -0.3 is 23.8 Å². The average Bonchev–Trinajstić information content (AvgIpc) is 3.08. The topological polar surface area (TPSA) is 91.4 Å². The lowest BCUT2D eigenvalue weighted by atomic mass is 10.0. The Balaban J connectivity index is 4.16. The second-order valence-corrected chi connectivity index (χ2v) is 13.8. The smallest absolute Gasteiger partial charge is 0.466 e. The highest BCUT2D eigenvalue weighted by atomic mass is 16.7. The van der Waals surface area contributed by atoms with Gasteiger partial charge in [0, 0.05) is 25.8 Å². The summed E-state index contributed by atoms with van der Waals surface area (Å²) in [5.74, 6) is 0.222. The first kappa shape index (κ1) is 46.2. The van der Waals surface area contributed by atoms with Crippen LogP contribution in [0.4, 0.5) is 4.79 Å². The predicted octanol–water partition coefficient (Wildman–Crippen LogP) is 11.0. The van der Waals surface area contributed by atoms with Gasteiger partial charge in [-0.1, -0.05) is 130 Å². The summed E-state index contributed by atoms with van der Waals surface area (Å²) in [5, 5.41) is 0. The van der Waals surface area contributed by atoms with Gasteiger partial charge in [-0.3, -0.25) is 9.59 Å². The monoisotopic (exact) mass is 684 g/mol. The van der Waals surface area contributed by atoms with Gasteiger partial charge in [-0.25, -0.2) is 4.79 Å². The molecule has 2 unspecified atom stereocenters. The summed E-state index contributed by atoms with van der Waals surface area (Å²) in [6.45, 7) is 11.7. The number of carbonyl (C=O) groups is 3. The molecule has 0 radical (unpaired) electrons. The van der Waals surface area contributed by atoms with Crippen molar-refractivity contribution in [1.29, 1.82) is 0 Å². The molecule has 48 heavy (non-hydrogen) atoms. The Labute approximate surface area is 296 Å². The van der Waals surface area contributed by atoms with Crippen LogP contribution >= 0.6 is 0 Å². The highest BCUT2D eigenvalue weighted by Crippen LogP contribution is 2.17. The maximum Gasteiger partial charge on any atom is 0.508 e. The van der Waals surface area contributed by atoms with Crippen LogP contribution in [0.25, 0.3) is 0 Å². The number of hydrogen-bond donors (Lipinski definition) is 0. The van der Waals surface area contributed by atoms with Crippen LogP contribution in [0.1, 0.15) is 188 Å². The van der Waals surface area contributed by atoms with Crippen LogP contribution in [0.3, 0.4) is 0 Å². The maximum absolute atomic E-state index is 12.4. The number of ether oxygens (including phenoxy) is 4. The Morgan fingerprint density at radius 2 is 1.08 bits per heavy atom. The highest BCUT2D eigenvalue weighted by Gasteiger charge is 2.17. The molecule has 0 aliphatic heterocycles. The van der Waals surface area contributed by atoms with E-state index in [2.05, 4.69) is 32.6 Å². The fraction of sp³-hybridized carbons (Fsp3) is 0.925. The molecule has 8 heteroatoms. The molecule has 0 amide bonds. The minimum absolute atomic E-state index is 0.0730. The van der Waals surface area contributed by atoms with E-state index < -0.39 is 6.16 Å². The SMILES string of the molecule is CCCCCCCCCCCCC(CCOC(=O)CCCCCCCCC(=O)OCC(CC)CCCC)OC(=O)OCCCN(C)CC. The van der Waals surface area contributed by atoms with Gasteiger partial charge in [0.2, 0.25) is 0 Å².